The third kappa shape index (κ3) is 4.61. The Morgan fingerprint density at radius 3 is 1.13 bits per heavy atom. The number of nitrogens with one attached hydrogen (secondary N) is 2. The molecule has 15 heavy (non-hydrogen) atoms. The number of rotatable bonds is 1. The van der Waals surface area contributed by atoms with Gasteiger partial charge in [-0.15, -0.1) is 0 Å². The molecule has 0 bridgehead atoms. The molecule has 2 heteroatoms. The van der Waals surface area contributed by atoms with Gasteiger partial charge < -0.3 is 0 Å². The minimum absolute atomic E-state index is 1.14. The van der Waals surface area contributed by atoms with Gasteiger partial charge in [0.05, 0.1) is 6.01 Å². The second kappa shape index (κ2) is 7.64. The van der Waals surface area contributed by atoms with Crippen LogP contribution in [0.5, 0.6) is 0 Å². The normalized spacial score (nSPS) is 23.7. The molecule has 0 unspecified atom stereocenters. The molecule has 2 saturated carbocycles. The van der Waals surface area contributed by atoms with E-state index < -0.39 is 0 Å². The summed E-state index contributed by atoms with van der Waals surface area (Å²) in [5.74, 6) is 2.28. The van der Waals surface area contributed by atoms with Gasteiger partial charge in [-0.1, -0.05) is 64.2 Å². The molecule has 2 aliphatic rings. The van der Waals surface area contributed by atoms with Crippen molar-refractivity contribution in [2.24, 2.45) is 11.8 Å². The van der Waals surface area contributed by atoms with Gasteiger partial charge in [0.15, 0.2) is 0 Å². The number of hydrogen-bond donors (Lipinski definition) is 2. The fraction of sp³-hybridized carbons (Fsp3) is 0.923. The second-order valence-corrected chi connectivity index (χ2v) is 4.92. The van der Waals surface area contributed by atoms with Crippen molar-refractivity contribution in [2.45, 2.75) is 64.2 Å². The highest BCUT2D eigenvalue weighted by Gasteiger charge is 2.24. The van der Waals surface area contributed by atoms with Crippen molar-refractivity contribution in [2.75, 3.05) is 0 Å². The molecule has 2 rings (SSSR count). The molecule has 0 aliphatic heterocycles. The van der Waals surface area contributed by atoms with Crippen LogP contribution in [-0.2, 0) is 0 Å². The second-order valence-electron chi connectivity index (χ2n) is 4.92. The zero-order valence-electron chi connectivity index (χ0n) is 9.73. The minimum atomic E-state index is 1.14. The van der Waals surface area contributed by atoms with Crippen molar-refractivity contribution >= 4 is 6.01 Å². The summed E-state index contributed by atoms with van der Waals surface area (Å²) in [4.78, 5) is 0. The van der Waals surface area contributed by atoms with Crippen LogP contribution < -0.4 is 0 Å². The van der Waals surface area contributed by atoms with Crippen LogP contribution in [0, 0.1) is 22.7 Å². The van der Waals surface area contributed by atoms with Gasteiger partial charge >= 0.3 is 0 Å². The van der Waals surface area contributed by atoms with E-state index in [2.05, 4.69) is 0 Å². The molecule has 2 fully saturated rings. The van der Waals surface area contributed by atoms with Crippen molar-refractivity contribution in [3.05, 3.63) is 0 Å². The van der Waals surface area contributed by atoms with E-state index >= 15 is 0 Å². The molecule has 0 aromatic carbocycles. The highest BCUT2D eigenvalue weighted by Crippen LogP contribution is 2.37. The van der Waals surface area contributed by atoms with Gasteiger partial charge in [-0.05, 0) is 11.8 Å². The SMILES string of the molecule is C1CCC(C2CCCCC2)CC1.N=C=N. The van der Waals surface area contributed by atoms with E-state index in [1.165, 1.54) is 44.5 Å². The van der Waals surface area contributed by atoms with Gasteiger partial charge in [0.25, 0.3) is 0 Å². The Hall–Kier alpha value is -0.620. The average Bonchev–Trinajstić information content (AvgIpc) is 2.32. The van der Waals surface area contributed by atoms with Gasteiger partial charge in [-0.3, -0.25) is 0 Å². The summed E-state index contributed by atoms with van der Waals surface area (Å²) in [6, 6.07) is 1.25. The fourth-order valence-corrected chi connectivity index (χ4v) is 3.21. The van der Waals surface area contributed by atoms with Gasteiger partial charge in [-0.2, -0.15) is 0 Å². The highest BCUT2D eigenvalue weighted by atomic mass is 14.4. The first-order chi connectivity index (χ1) is 7.38. The monoisotopic (exact) mass is 208 g/mol. The lowest BCUT2D eigenvalue weighted by molar-refractivity contribution is 0.196. The molecule has 0 spiro atoms. The molecule has 2 aliphatic carbocycles. The first kappa shape index (κ1) is 12.4. The molecule has 0 atom stereocenters. The fourth-order valence-electron chi connectivity index (χ4n) is 3.21. The Bertz CT molecular complexity index is 167. The lowest BCUT2D eigenvalue weighted by Crippen LogP contribution is -2.20. The predicted molar refractivity (Wildman–Crippen MR) is 63.6 cm³/mol. The third-order valence-electron chi connectivity index (χ3n) is 3.97. The van der Waals surface area contributed by atoms with E-state index in [9.17, 15) is 0 Å². The van der Waals surface area contributed by atoms with E-state index in [0.29, 0.717) is 0 Å². The van der Waals surface area contributed by atoms with Crippen molar-refractivity contribution < 1.29 is 0 Å². The Labute approximate surface area is 93.5 Å². The summed E-state index contributed by atoms with van der Waals surface area (Å²) in [7, 11) is 0. The number of hydrogen-bond acceptors (Lipinski definition) is 2. The average molecular weight is 208 g/mol. The molecule has 0 heterocycles. The van der Waals surface area contributed by atoms with E-state index in [1.54, 1.807) is 25.7 Å². The molecule has 0 aromatic heterocycles. The van der Waals surface area contributed by atoms with Crippen LogP contribution >= 0.6 is 0 Å². The summed E-state index contributed by atoms with van der Waals surface area (Å²) >= 11 is 0. The summed E-state index contributed by atoms with van der Waals surface area (Å²) < 4.78 is 0. The highest BCUT2D eigenvalue weighted by molar-refractivity contribution is 5.29. The third-order valence-corrected chi connectivity index (χ3v) is 3.97. The zero-order chi connectivity index (χ0) is 10.9. The summed E-state index contributed by atoms with van der Waals surface area (Å²) in [5, 5.41) is 11.2. The van der Waals surface area contributed by atoms with Gasteiger partial charge in [0.2, 0.25) is 0 Å². The smallest absolute Gasteiger partial charge is 0.0831 e. The van der Waals surface area contributed by atoms with Gasteiger partial charge in [-0.25, -0.2) is 10.8 Å². The largest absolute Gasteiger partial charge is 0.242 e. The molecule has 2 nitrogen and oxygen atoms in total. The molecule has 2 N–H and O–H groups in total. The van der Waals surface area contributed by atoms with E-state index in [4.69, 9.17) is 10.8 Å². The maximum atomic E-state index is 5.62. The van der Waals surface area contributed by atoms with E-state index in [-0.39, 0.29) is 0 Å². The van der Waals surface area contributed by atoms with Gasteiger partial charge in [0.1, 0.15) is 0 Å². The summed E-state index contributed by atoms with van der Waals surface area (Å²) in [6.07, 6.45) is 15.4. The molecule has 86 valence electrons. The first-order valence-electron chi connectivity index (χ1n) is 6.47. The Kier molecular flexibility index (Phi) is 6.34. The standard InChI is InChI=1S/C12H22.CH2N2/c1-3-7-11(8-4-1)12-9-5-2-6-10-12;2-1-3/h11-12H,1-10H2;2-3H. The van der Waals surface area contributed by atoms with Crippen molar-refractivity contribution in [1.82, 2.24) is 0 Å². The van der Waals surface area contributed by atoms with Crippen LogP contribution in [0.1, 0.15) is 64.2 Å². The Morgan fingerprint density at radius 1 is 0.600 bits per heavy atom. The maximum Gasteiger partial charge on any atom is 0.0831 e. The Balaban J connectivity index is 0.000000337. The van der Waals surface area contributed by atoms with Crippen LogP contribution in [0.2, 0.25) is 0 Å². The molecular formula is C13H24N2. The topological polar surface area (TPSA) is 47.7 Å². The predicted octanol–water partition coefficient (Wildman–Crippen LogP) is 4.46. The molecule has 0 radical (unpaired) electrons. The molecule has 0 aromatic rings. The quantitative estimate of drug-likeness (QED) is 0.597. The first-order valence-corrected chi connectivity index (χ1v) is 6.47. The summed E-state index contributed by atoms with van der Waals surface area (Å²) in [5.41, 5.74) is 0. The van der Waals surface area contributed by atoms with Crippen LogP contribution in [-0.4, -0.2) is 6.01 Å². The van der Waals surface area contributed by atoms with Crippen molar-refractivity contribution in [1.29, 1.82) is 10.8 Å². The van der Waals surface area contributed by atoms with Crippen LogP contribution in [0.25, 0.3) is 0 Å². The molecule has 0 amide bonds. The van der Waals surface area contributed by atoms with E-state index in [0.717, 1.165) is 11.8 Å². The van der Waals surface area contributed by atoms with Gasteiger partial charge in [0, 0.05) is 0 Å². The summed E-state index contributed by atoms with van der Waals surface area (Å²) in [6.45, 7) is 0. The maximum absolute atomic E-state index is 5.62. The van der Waals surface area contributed by atoms with Crippen molar-refractivity contribution in [3.8, 4) is 0 Å². The molecule has 0 saturated heterocycles. The van der Waals surface area contributed by atoms with E-state index in [1.807, 2.05) is 0 Å². The minimum Gasteiger partial charge on any atom is -0.242 e. The van der Waals surface area contributed by atoms with Crippen molar-refractivity contribution in [3.63, 3.8) is 0 Å². The van der Waals surface area contributed by atoms with Crippen LogP contribution in [0.3, 0.4) is 0 Å². The van der Waals surface area contributed by atoms with Crippen LogP contribution in [0.4, 0.5) is 0 Å². The molecular weight excluding hydrogens is 184 g/mol. The lowest BCUT2D eigenvalue weighted by atomic mass is 9.73. The lowest BCUT2D eigenvalue weighted by Gasteiger charge is -2.32. The Morgan fingerprint density at radius 2 is 0.867 bits per heavy atom. The van der Waals surface area contributed by atoms with Crippen LogP contribution in [0.15, 0.2) is 0 Å². The zero-order valence-corrected chi connectivity index (χ0v) is 9.73.